The predicted octanol–water partition coefficient (Wildman–Crippen LogP) is 4.27. The normalized spacial score (nSPS) is 53.1. The van der Waals surface area contributed by atoms with E-state index in [-0.39, 0.29) is 48.4 Å². The molecule has 0 aromatic heterocycles. The molecule has 1 saturated heterocycles. The highest BCUT2D eigenvalue weighted by Gasteiger charge is 2.80. The van der Waals surface area contributed by atoms with Gasteiger partial charge in [-0.2, -0.15) is 22.0 Å². The molecule has 1 heterocycles. The summed E-state index contributed by atoms with van der Waals surface area (Å²) in [6.07, 6.45) is -3.31. The van der Waals surface area contributed by atoms with Gasteiger partial charge in [-0.15, -0.1) is 0 Å². The quantitative estimate of drug-likeness (QED) is 0.521. The van der Waals surface area contributed by atoms with Crippen LogP contribution in [0.3, 0.4) is 0 Å². The number of ether oxygens (including phenoxy) is 1. The first kappa shape index (κ1) is 19.2. The van der Waals surface area contributed by atoms with Crippen molar-refractivity contribution in [2.24, 2.45) is 29.1 Å². The van der Waals surface area contributed by atoms with Crippen LogP contribution in [0.2, 0.25) is 0 Å². The molecule has 1 N–H and O–H groups in total. The lowest BCUT2D eigenvalue weighted by Gasteiger charge is -2.57. The molecule has 8 atom stereocenters. The highest BCUT2D eigenvalue weighted by molar-refractivity contribution is 5.88. The minimum absolute atomic E-state index is 0.00508. The maximum Gasteiger partial charge on any atom is 0.456 e. The summed E-state index contributed by atoms with van der Waals surface area (Å²) in [5.41, 5.74) is -4.94. The van der Waals surface area contributed by atoms with Crippen LogP contribution in [-0.2, 0) is 9.53 Å². The molecular weight excluding hydrogens is 383 g/mol. The van der Waals surface area contributed by atoms with Gasteiger partial charge in [0.05, 0.1) is 0 Å². The van der Waals surface area contributed by atoms with Gasteiger partial charge >= 0.3 is 12.1 Å². The molecule has 0 aromatic carbocycles. The summed E-state index contributed by atoms with van der Waals surface area (Å²) < 4.78 is 74.1. The lowest BCUT2D eigenvalue weighted by Crippen LogP contribution is -2.65. The fourth-order valence-electron chi connectivity index (χ4n) is 7.82. The zero-order valence-corrected chi connectivity index (χ0v) is 15.7. The van der Waals surface area contributed by atoms with Gasteiger partial charge in [0, 0.05) is 11.8 Å². The summed E-state index contributed by atoms with van der Waals surface area (Å²) in [6.45, 7) is 1.44. The zero-order valence-electron chi connectivity index (χ0n) is 15.7. The summed E-state index contributed by atoms with van der Waals surface area (Å²) in [5, 5.41) is 10.8. The number of carbonyl (C=O) groups is 1. The number of carbonyl (C=O) groups excluding carboxylic acids is 1. The van der Waals surface area contributed by atoms with Gasteiger partial charge in [-0.25, -0.2) is 0 Å². The second kappa shape index (κ2) is 5.29. The number of rotatable bonds is 1. The third kappa shape index (κ3) is 1.99. The third-order valence-corrected chi connectivity index (χ3v) is 9.25. The van der Waals surface area contributed by atoms with Crippen molar-refractivity contribution < 1.29 is 36.6 Å². The topological polar surface area (TPSA) is 49.8 Å². The van der Waals surface area contributed by atoms with Crippen LogP contribution >= 0.6 is 0 Å². The van der Waals surface area contributed by atoms with Crippen LogP contribution in [0.5, 0.6) is 0 Å². The van der Waals surface area contributed by atoms with Crippen LogP contribution in [0, 0.1) is 29.1 Å². The van der Waals surface area contributed by atoms with Gasteiger partial charge in [0.25, 0.3) is 0 Å². The van der Waals surface area contributed by atoms with Gasteiger partial charge in [-0.1, -0.05) is 6.92 Å². The molecule has 5 fully saturated rings. The van der Waals surface area contributed by atoms with Crippen molar-refractivity contribution >= 4 is 5.78 Å². The fraction of sp³-hybridized carbons (Fsp3) is 0.950. The van der Waals surface area contributed by atoms with Gasteiger partial charge in [-0.3, -0.25) is 4.79 Å². The average Bonchev–Trinajstić information content (AvgIpc) is 3.27. The Balaban J connectivity index is 1.46. The molecule has 8 heteroatoms. The molecule has 158 valence electrons. The summed E-state index contributed by atoms with van der Waals surface area (Å²) in [4.78, 5) is 12.0. The maximum atomic E-state index is 14.4. The number of ketones is 1. The van der Waals surface area contributed by atoms with Gasteiger partial charge in [0.15, 0.2) is 5.78 Å². The molecule has 4 saturated carbocycles. The van der Waals surface area contributed by atoms with Crippen LogP contribution in [-0.4, -0.2) is 40.3 Å². The fourth-order valence-corrected chi connectivity index (χ4v) is 7.82. The van der Waals surface area contributed by atoms with Crippen LogP contribution in [0.1, 0.15) is 58.3 Å². The van der Waals surface area contributed by atoms with E-state index in [1.807, 2.05) is 0 Å². The highest BCUT2D eigenvalue weighted by atomic mass is 19.4. The molecule has 1 spiro atoms. The Kier molecular flexibility index (Phi) is 3.63. The van der Waals surface area contributed by atoms with E-state index < -0.39 is 35.1 Å². The molecule has 0 aromatic rings. The van der Waals surface area contributed by atoms with Crippen LogP contribution < -0.4 is 0 Å². The van der Waals surface area contributed by atoms with E-state index in [4.69, 9.17) is 4.74 Å². The van der Waals surface area contributed by atoms with Crippen molar-refractivity contribution in [3.8, 4) is 0 Å². The Hall–Kier alpha value is -0.760. The number of epoxide rings is 1. The van der Waals surface area contributed by atoms with E-state index in [9.17, 15) is 31.9 Å². The van der Waals surface area contributed by atoms with Crippen LogP contribution in [0.4, 0.5) is 22.0 Å². The van der Waals surface area contributed by atoms with Crippen molar-refractivity contribution in [3.05, 3.63) is 0 Å². The lowest BCUT2D eigenvalue weighted by atomic mass is 9.48. The van der Waals surface area contributed by atoms with Gasteiger partial charge in [0.2, 0.25) is 0 Å². The summed E-state index contributed by atoms with van der Waals surface area (Å²) in [6, 6.07) is 0. The summed E-state index contributed by atoms with van der Waals surface area (Å²) in [7, 11) is 0. The first-order valence-electron chi connectivity index (χ1n) is 10.3. The van der Waals surface area contributed by atoms with Crippen molar-refractivity contribution in [2.45, 2.75) is 87.7 Å². The lowest BCUT2D eigenvalue weighted by molar-refractivity contribution is -0.363. The average molecular weight is 408 g/mol. The van der Waals surface area contributed by atoms with Crippen molar-refractivity contribution in [2.75, 3.05) is 0 Å². The number of halogens is 5. The smallest absolute Gasteiger partial charge is 0.383 e. The number of hydrogen-bond donors (Lipinski definition) is 1. The molecular formula is C20H25F5O3. The standard InChI is InChI=1S/C20H25F5O3/c1-16-7-4-11-10(5-8-17-13(11)2-3-14(26)15(17)28-17)12(16)6-9-18(16,27)19(21,22)20(23,24)25/h10-13,15,27H,2-9H2,1H3/t10-,11+,12+,13-,15?,16+,17?,18+/m1/s1. The number of aliphatic hydroxyl groups is 1. The maximum absolute atomic E-state index is 14.4. The van der Waals surface area contributed by atoms with Gasteiger partial charge < -0.3 is 9.84 Å². The first-order valence-corrected chi connectivity index (χ1v) is 10.3. The summed E-state index contributed by atoms with van der Waals surface area (Å²) >= 11 is 0. The molecule has 2 unspecified atom stereocenters. The second-order valence-electron chi connectivity index (χ2n) is 9.96. The van der Waals surface area contributed by atoms with Crippen LogP contribution in [0.25, 0.3) is 0 Å². The molecule has 0 radical (unpaired) electrons. The SMILES string of the molecule is C[C@]12CC[C@H]3[C@@H](CCC45OC4C(=O)CC[C@H]35)[C@@H]1CC[C@@]2(O)C(F)(F)C(F)(F)F. The monoisotopic (exact) mass is 408 g/mol. The minimum Gasteiger partial charge on any atom is -0.383 e. The predicted molar refractivity (Wildman–Crippen MR) is 87.6 cm³/mol. The Bertz CT molecular complexity index is 723. The number of hydrogen-bond acceptors (Lipinski definition) is 3. The number of alkyl halides is 5. The van der Waals surface area contributed by atoms with Gasteiger partial charge in [0.1, 0.15) is 17.3 Å². The number of fused-ring (bicyclic) bond motifs is 4. The van der Waals surface area contributed by atoms with E-state index in [0.717, 1.165) is 0 Å². The number of Topliss-reactive ketones (excluding diaryl/α,β-unsaturated/α-hetero) is 1. The second-order valence-corrected chi connectivity index (χ2v) is 9.96. The molecule has 5 rings (SSSR count). The van der Waals surface area contributed by atoms with E-state index >= 15 is 0 Å². The Morgan fingerprint density at radius 3 is 2.29 bits per heavy atom. The van der Waals surface area contributed by atoms with Crippen molar-refractivity contribution in [3.63, 3.8) is 0 Å². The Labute approximate surface area is 160 Å². The summed E-state index contributed by atoms with van der Waals surface area (Å²) in [5.74, 6) is -5.01. The van der Waals surface area contributed by atoms with Gasteiger partial charge in [-0.05, 0) is 68.6 Å². The van der Waals surface area contributed by atoms with E-state index in [2.05, 4.69) is 0 Å². The third-order valence-electron chi connectivity index (χ3n) is 9.25. The minimum atomic E-state index is -5.77. The van der Waals surface area contributed by atoms with Crippen molar-refractivity contribution in [1.82, 2.24) is 0 Å². The highest BCUT2D eigenvalue weighted by Crippen LogP contribution is 2.71. The Morgan fingerprint density at radius 2 is 1.61 bits per heavy atom. The van der Waals surface area contributed by atoms with E-state index in [1.54, 1.807) is 0 Å². The first-order chi connectivity index (χ1) is 12.9. The van der Waals surface area contributed by atoms with Crippen LogP contribution in [0.15, 0.2) is 0 Å². The largest absolute Gasteiger partial charge is 0.456 e. The molecule has 0 bridgehead atoms. The molecule has 1 aliphatic heterocycles. The molecule has 4 aliphatic carbocycles. The van der Waals surface area contributed by atoms with Crippen molar-refractivity contribution in [1.29, 1.82) is 0 Å². The van der Waals surface area contributed by atoms with E-state index in [1.165, 1.54) is 6.92 Å². The molecule has 28 heavy (non-hydrogen) atoms. The zero-order chi connectivity index (χ0) is 20.3. The van der Waals surface area contributed by atoms with E-state index in [0.29, 0.717) is 32.1 Å². The molecule has 5 aliphatic rings. The molecule has 0 amide bonds. The molecule has 3 nitrogen and oxygen atoms in total. The Morgan fingerprint density at radius 1 is 0.964 bits per heavy atom.